The summed E-state index contributed by atoms with van der Waals surface area (Å²) in [5.74, 6) is -0.537. The fourth-order valence-corrected chi connectivity index (χ4v) is 1.54. The Balaban J connectivity index is 2.26. The van der Waals surface area contributed by atoms with Crippen molar-refractivity contribution in [1.82, 2.24) is 15.1 Å². The summed E-state index contributed by atoms with van der Waals surface area (Å²) in [4.78, 5) is 22.8. The number of nitrogens with two attached hydrogens (primary N) is 1. The monoisotopic (exact) mass is 268 g/mol. The number of nitrogens with zero attached hydrogens (tertiary/aromatic N) is 2. The van der Waals surface area contributed by atoms with E-state index in [1.54, 1.807) is 31.0 Å². The Hall–Kier alpha value is -1.89. The molecule has 3 N–H and O–H groups in total. The summed E-state index contributed by atoms with van der Waals surface area (Å²) in [6, 6.07) is -0.740. The summed E-state index contributed by atoms with van der Waals surface area (Å²) in [5.41, 5.74) is 6.44. The molecular formula is C12H20N4O3. The first-order chi connectivity index (χ1) is 9.04. The minimum atomic E-state index is -0.740. The Kier molecular flexibility index (Phi) is 6.01. The highest BCUT2D eigenvalue weighted by Gasteiger charge is 2.16. The average molecular weight is 268 g/mol. The second-order valence-electron chi connectivity index (χ2n) is 4.12. The maximum absolute atomic E-state index is 11.7. The number of aromatic nitrogens is 2. The van der Waals surface area contributed by atoms with Gasteiger partial charge in [-0.25, -0.2) is 0 Å². The molecule has 0 aliphatic heterocycles. The van der Waals surface area contributed by atoms with Crippen molar-refractivity contribution in [2.24, 2.45) is 12.8 Å². The Morgan fingerprint density at radius 1 is 1.58 bits per heavy atom. The molecular weight excluding hydrogens is 248 g/mol. The van der Waals surface area contributed by atoms with Crippen LogP contribution in [0.3, 0.4) is 0 Å². The molecule has 1 aromatic rings. The number of esters is 1. The van der Waals surface area contributed by atoms with Gasteiger partial charge in [-0.2, -0.15) is 5.10 Å². The van der Waals surface area contributed by atoms with Crippen LogP contribution in [0.1, 0.15) is 31.4 Å². The van der Waals surface area contributed by atoms with Gasteiger partial charge in [0, 0.05) is 31.8 Å². The molecule has 0 aliphatic rings. The third-order valence-corrected chi connectivity index (χ3v) is 2.53. The van der Waals surface area contributed by atoms with E-state index in [0.29, 0.717) is 25.1 Å². The zero-order valence-corrected chi connectivity index (χ0v) is 11.3. The molecule has 0 aliphatic carbocycles. The second kappa shape index (κ2) is 7.52. The van der Waals surface area contributed by atoms with Crippen LogP contribution in [0, 0.1) is 0 Å². The molecule has 1 atom stereocenters. The number of carbonyl (C=O) groups excluding carboxylic acids is 2. The molecule has 1 aromatic heterocycles. The van der Waals surface area contributed by atoms with E-state index in [1.807, 2.05) is 0 Å². The lowest BCUT2D eigenvalue weighted by Gasteiger charge is -2.10. The Morgan fingerprint density at radius 3 is 2.89 bits per heavy atom. The fourth-order valence-electron chi connectivity index (χ4n) is 1.54. The molecule has 1 heterocycles. The third-order valence-electron chi connectivity index (χ3n) is 2.53. The van der Waals surface area contributed by atoms with Crippen molar-refractivity contribution >= 4 is 11.9 Å². The maximum atomic E-state index is 11.7. The number of ether oxygens (including phenoxy) is 1. The number of amides is 1. The molecule has 0 radical (unpaired) electrons. The zero-order chi connectivity index (χ0) is 14.3. The summed E-state index contributed by atoms with van der Waals surface area (Å²) in [7, 11) is 1.76. The van der Waals surface area contributed by atoms with Gasteiger partial charge in [-0.3, -0.25) is 14.3 Å². The van der Waals surface area contributed by atoms with Crippen LogP contribution in [0.25, 0.3) is 0 Å². The van der Waals surface area contributed by atoms with E-state index in [4.69, 9.17) is 10.5 Å². The molecule has 1 amide bonds. The largest absolute Gasteiger partial charge is 0.466 e. The van der Waals surface area contributed by atoms with E-state index < -0.39 is 6.04 Å². The number of hydrogen-bond acceptors (Lipinski definition) is 5. The molecule has 1 unspecified atom stereocenters. The van der Waals surface area contributed by atoms with Crippen molar-refractivity contribution in [2.45, 2.75) is 25.8 Å². The fraction of sp³-hybridized carbons (Fsp3) is 0.583. The number of carbonyl (C=O) groups is 2. The first-order valence-electron chi connectivity index (χ1n) is 6.22. The highest BCUT2D eigenvalue weighted by molar-refractivity contribution is 5.82. The third kappa shape index (κ3) is 5.09. The SMILES string of the molecule is CCOC(=O)CCCNC(=O)C(N)c1cnn(C)c1. The van der Waals surface area contributed by atoms with Gasteiger partial charge in [0.05, 0.1) is 12.8 Å². The molecule has 0 fully saturated rings. The minimum absolute atomic E-state index is 0.256. The Labute approximate surface area is 112 Å². The molecule has 106 valence electrons. The predicted molar refractivity (Wildman–Crippen MR) is 69.0 cm³/mol. The standard InChI is InChI=1S/C12H20N4O3/c1-3-19-10(17)5-4-6-14-12(18)11(13)9-7-15-16(2)8-9/h7-8,11H,3-6,13H2,1-2H3,(H,14,18). The number of hydrogen-bond donors (Lipinski definition) is 2. The second-order valence-corrected chi connectivity index (χ2v) is 4.12. The molecule has 7 nitrogen and oxygen atoms in total. The van der Waals surface area contributed by atoms with Gasteiger partial charge in [0.2, 0.25) is 5.91 Å². The van der Waals surface area contributed by atoms with Crippen LogP contribution in [0.5, 0.6) is 0 Å². The van der Waals surface area contributed by atoms with Crippen molar-refractivity contribution < 1.29 is 14.3 Å². The maximum Gasteiger partial charge on any atom is 0.305 e. The van der Waals surface area contributed by atoms with Crippen LogP contribution in [-0.4, -0.2) is 34.8 Å². The van der Waals surface area contributed by atoms with Crippen LogP contribution < -0.4 is 11.1 Å². The summed E-state index contributed by atoms with van der Waals surface area (Å²) >= 11 is 0. The highest BCUT2D eigenvalue weighted by Crippen LogP contribution is 2.08. The molecule has 0 aromatic carbocycles. The molecule has 1 rings (SSSR count). The van der Waals surface area contributed by atoms with Crippen LogP contribution in [0.4, 0.5) is 0 Å². The summed E-state index contributed by atoms with van der Waals surface area (Å²) < 4.78 is 6.37. The van der Waals surface area contributed by atoms with Gasteiger partial charge in [0.15, 0.2) is 0 Å². The van der Waals surface area contributed by atoms with E-state index in [9.17, 15) is 9.59 Å². The Morgan fingerprint density at radius 2 is 2.32 bits per heavy atom. The number of rotatable bonds is 7. The molecule has 7 heteroatoms. The summed E-state index contributed by atoms with van der Waals surface area (Å²) in [6.07, 6.45) is 4.08. The lowest BCUT2D eigenvalue weighted by molar-refractivity contribution is -0.143. The van der Waals surface area contributed by atoms with Crippen molar-refractivity contribution in [1.29, 1.82) is 0 Å². The lowest BCUT2D eigenvalue weighted by atomic mass is 10.1. The smallest absolute Gasteiger partial charge is 0.305 e. The van der Waals surface area contributed by atoms with Gasteiger partial charge in [-0.05, 0) is 13.3 Å². The molecule has 19 heavy (non-hydrogen) atoms. The first-order valence-corrected chi connectivity index (χ1v) is 6.22. The van der Waals surface area contributed by atoms with Crippen LogP contribution in [0.15, 0.2) is 12.4 Å². The molecule has 0 spiro atoms. The predicted octanol–water partition coefficient (Wildman–Crippen LogP) is -0.121. The van der Waals surface area contributed by atoms with Crippen molar-refractivity contribution in [2.75, 3.05) is 13.2 Å². The van der Waals surface area contributed by atoms with Gasteiger partial charge in [0.25, 0.3) is 0 Å². The first kappa shape index (κ1) is 15.2. The molecule has 0 bridgehead atoms. The van der Waals surface area contributed by atoms with E-state index in [2.05, 4.69) is 10.4 Å². The van der Waals surface area contributed by atoms with Gasteiger partial charge in [-0.15, -0.1) is 0 Å². The van der Waals surface area contributed by atoms with Gasteiger partial charge >= 0.3 is 5.97 Å². The minimum Gasteiger partial charge on any atom is -0.466 e. The number of aryl methyl sites for hydroxylation is 1. The quantitative estimate of drug-likeness (QED) is 0.530. The highest BCUT2D eigenvalue weighted by atomic mass is 16.5. The molecule has 0 saturated carbocycles. The van der Waals surface area contributed by atoms with Gasteiger partial charge < -0.3 is 15.8 Å². The van der Waals surface area contributed by atoms with E-state index >= 15 is 0 Å². The Bertz CT molecular complexity index is 430. The van der Waals surface area contributed by atoms with Gasteiger partial charge in [0.1, 0.15) is 6.04 Å². The van der Waals surface area contributed by atoms with Crippen LogP contribution in [-0.2, 0) is 21.4 Å². The topological polar surface area (TPSA) is 99.2 Å². The average Bonchev–Trinajstić information content (AvgIpc) is 2.80. The van der Waals surface area contributed by atoms with Crippen molar-refractivity contribution in [3.63, 3.8) is 0 Å². The van der Waals surface area contributed by atoms with Crippen LogP contribution >= 0.6 is 0 Å². The van der Waals surface area contributed by atoms with E-state index in [-0.39, 0.29) is 18.3 Å². The zero-order valence-electron chi connectivity index (χ0n) is 11.3. The number of nitrogens with one attached hydrogen (secondary N) is 1. The normalized spacial score (nSPS) is 11.9. The van der Waals surface area contributed by atoms with Crippen molar-refractivity contribution in [3.8, 4) is 0 Å². The van der Waals surface area contributed by atoms with Crippen molar-refractivity contribution in [3.05, 3.63) is 18.0 Å². The van der Waals surface area contributed by atoms with E-state index in [1.165, 1.54) is 0 Å². The van der Waals surface area contributed by atoms with Gasteiger partial charge in [-0.1, -0.05) is 0 Å². The summed E-state index contributed by atoms with van der Waals surface area (Å²) in [5, 5.41) is 6.63. The van der Waals surface area contributed by atoms with Crippen LogP contribution in [0.2, 0.25) is 0 Å². The molecule has 0 saturated heterocycles. The van der Waals surface area contributed by atoms with E-state index in [0.717, 1.165) is 0 Å². The summed E-state index contributed by atoms with van der Waals surface area (Å²) in [6.45, 7) is 2.52. The lowest BCUT2D eigenvalue weighted by Crippen LogP contribution is -2.34.